The maximum Gasteiger partial charge on any atom is 0.277 e. The largest absolute Gasteiger partial charge is 0.495 e. The lowest BCUT2D eigenvalue weighted by Crippen LogP contribution is -2.47. The molecule has 0 bridgehead atoms. The summed E-state index contributed by atoms with van der Waals surface area (Å²) in [7, 11) is 1.68. The zero-order valence-corrected chi connectivity index (χ0v) is 19.4. The number of piperazine rings is 1. The highest BCUT2D eigenvalue weighted by molar-refractivity contribution is 7.11. The molecule has 2 aliphatic rings. The van der Waals surface area contributed by atoms with Gasteiger partial charge < -0.3 is 19.3 Å². The van der Waals surface area contributed by atoms with E-state index >= 15 is 0 Å². The van der Waals surface area contributed by atoms with Crippen LogP contribution in [-0.4, -0.2) is 74.7 Å². The van der Waals surface area contributed by atoms with Gasteiger partial charge in [-0.3, -0.25) is 14.5 Å². The van der Waals surface area contributed by atoms with Crippen molar-refractivity contribution in [3.63, 3.8) is 0 Å². The molecule has 8 heteroatoms. The second kappa shape index (κ2) is 10.2. The summed E-state index contributed by atoms with van der Waals surface area (Å²) in [5.41, 5.74) is 2.12. The maximum absolute atomic E-state index is 13.4. The number of benzene rings is 1. The van der Waals surface area contributed by atoms with Crippen LogP contribution in [0.1, 0.15) is 18.2 Å². The molecule has 1 aromatic heterocycles. The van der Waals surface area contributed by atoms with Crippen LogP contribution in [0.2, 0.25) is 0 Å². The second-order valence-electron chi connectivity index (χ2n) is 7.66. The molecule has 1 aromatic carbocycles. The average Bonchev–Trinajstić information content (AvgIpc) is 3.44. The lowest BCUT2D eigenvalue weighted by atomic mass is 10.1. The molecule has 0 aliphatic carbocycles. The molecule has 2 aliphatic heterocycles. The molecule has 1 saturated heterocycles. The van der Waals surface area contributed by atoms with Gasteiger partial charge in [-0.2, -0.15) is 0 Å². The number of ether oxygens (including phenoxy) is 2. The van der Waals surface area contributed by atoms with Gasteiger partial charge >= 0.3 is 0 Å². The quantitative estimate of drug-likeness (QED) is 0.428. The first-order chi connectivity index (χ1) is 15.7. The highest BCUT2D eigenvalue weighted by atomic mass is 32.1. The van der Waals surface area contributed by atoms with E-state index in [9.17, 15) is 9.59 Å². The van der Waals surface area contributed by atoms with E-state index in [1.165, 1.54) is 16.2 Å². The molecule has 4 rings (SSSR count). The van der Waals surface area contributed by atoms with Gasteiger partial charge in [-0.15, -0.1) is 11.3 Å². The number of thiophene rings is 1. The van der Waals surface area contributed by atoms with E-state index in [4.69, 9.17) is 9.47 Å². The van der Waals surface area contributed by atoms with Gasteiger partial charge in [-0.25, -0.2) is 0 Å². The molecule has 32 heavy (non-hydrogen) atoms. The summed E-state index contributed by atoms with van der Waals surface area (Å²) in [5.74, 6) is 0.448. The number of rotatable bonds is 9. The minimum Gasteiger partial charge on any atom is -0.495 e. The van der Waals surface area contributed by atoms with Gasteiger partial charge in [0.1, 0.15) is 11.4 Å². The number of hydrogen-bond donors (Lipinski definition) is 0. The molecular weight excluding hydrogens is 426 g/mol. The van der Waals surface area contributed by atoms with Crippen LogP contribution in [0.4, 0.5) is 5.69 Å². The topological polar surface area (TPSA) is 62.3 Å². The average molecular weight is 456 g/mol. The van der Waals surface area contributed by atoms with Crippen LogP contribution in [0.15, 0.2) is 47.5 Å². The summed E-state index contributed by atoms with van der Waals surface area (Å²) in [6.45, 7) is 6.28. The number of imide groups is 1. The monoisotopic (exact) mass is 455 g/mol. The molecule has 0 N–H and O–H groups in total. The summed E-state index contributed by atoms with van der Waals surface area (Å²) in [6, 6.07) is 11.8. The van der Waals surface area contributed by atoms with Gasteiger partial charge in [-0.1, -0.05) is 18.2 Å². The highest BCUT2D eigenvalue weighted by Crippen LogP contribution is 2.35. The number of anilines is 1. The van der Waals surface area contributed by atoms with Crippen molar-refractivity contribution < 1.29 is 19.1 Å². The molecule has 3 heterocycles. The van der Waals surface area contributed by atoms with Crippen LogP contribution in [0.25, 0.3) is 5.57 Å². The fourth-order valence-corrected chi connectivity index (χ4v) is 5.00. The maximum atomic E-state index is 13.4. The SMILES string of the molecule is CCOCCCN1C(=O)C(c2cccs2)=C(N2CCN(c3ccccc3OC)CC2)C1=O. The molecule has 0 spiro atoms. The number of para-hydroxylation sites is 2. The molecule has 0 atom stereocenters. The Hall–Kier alpha value is -2.84. The van der Waals surface area contributed by atoms with Crippen molar-refractivity contribution in [1.82, 2.24) is 9.80 Å². The van der Waals surface area contributed by atoms with Gasteiger partial charge in [-0.05, 0) is 36.9 Å². The van der Waals surface area contributed by atoms with Crippen molar-refractivity contribution in [1.29, 1.82) is 0 Å². The normalized spacial score (nSPS) is 17.0. The number of nitrogens with zero attached hydrogens (tertiary/aromatic N) is 3. The third kappa shape index (κ3) is 4.38. The molecular formula is C24H29N3O4S. The van der Waals surface area contributed by atoms with Crippen LogP contribution in [0, 0.1) is 0 Å². The lowest BCUT2D eigenvalue weighted by molar-refractivity contribution is -0.137. The number of carbonyl (C=O) groups is 2. The fourth-order valence-electron chi connectivity index (χ4n) is 4.23. The Morgan fingerprint density at radius 3 is 2.41 bits per heavy atom. The summed E-state index contributed by atoms with van der Waals surface area (Å²) in [5, 5.41) is 1.94. The van der Waals surface area contributed by atoms with Crippen molar-refractivity contribution in [3.05, 3.63) is 52.4 Å². The molecule has 2 amide bonds. The van der Waals surface area contributed by atoms with Gasteiger partial charge in [0.2, 0.25) is 0 Å². The zero-order valence-electron chi connectivity index (χ0n) is 18.6. The number of carbonyl (C=O) groups excluding carboxylic acids is 2. The smallest absolute Gasteiger partial charge is 0.277 e. The highest BCUT2D eigenvalue weighted by Gasteiger charge is 2.42. The molecule has 0 unspecified atom stereocenters. The van der Waals surface area contributed by atoms with Gasteiger partial charge in [0.05, 0.1) is 18.4 Å². The minimum atomic E-state index is -0.198. The Kier molecular flexibility index (Phi) is 7.12. The summed E-state index contributed by atoms with van der Waals surface area (Å²) >= 11 is 1.49. The van der Waals surface area contributed by atoms with Crippen LogP contribution in [-0.2, 0) is 14.3 Å². The van der Waals surface area contributed by atoms with E-state index in [-0.39, 0.29) is 11.8 Å². The Balaban J connectivity index is 1.54. The summed E-state index contributed by atoms with van der Waals surface area (Å²) < 4.78 is 10.9. The molecule has 0 saturated carbocycles. The summed E-state index contributed by atoms with van der Waals surface area (Å²) in [6.07, 6.45) is 0.637. The standard InChI is InChI=1S/C24H29N3O4S/c1-3-31-16-7-11-27-23(28)21(20-10-6-17-32-20)22(24(27)29)26-14-12-25(13-15-26)18-8-4-5-9-19(18)30-2/h4-6,8-10,17H,3,7,11-16H2,1-2H3. The Morgan fingerprint density at radius 1 is 0.969 bits per heavy atom. The molecule has 170 valence electrons. The van der Waals surface area contributed by atoms with Crippen molar-refractivity contribution >= 4 is 34.4 Å². The van der Waals surface area contributed by atoms with Crippen LogP contribution < -0.4 is 9.64 Å². The first kappa shape index (κ1) is 22.4. The predicted molar refractivity (Wildman–Crippen MR) is 126 cm³/mol. The Bertz CT molecular complexity index is 981. The van der Waals surface area contributed by atoms with Crippen LogP contribution in [0.5, 0.6) is 5.75 Å². The molecule has 0 radical (unpaired) electrons. The van der Waals surface area contributed by atoms with Crippen molar-refractivity contribution in [2.24, 2.45) is 0 Å². The third-order valence-electron chi connectivity index (χ3n) is 5.81. The zero-order chi connectivity index (χ0) is 22.5. The molecule has 1 fully saturated rings. The van der Waals surface area contributed by atoms with E-state index in [0.29, 0.717) is 50.5 Å². The predicted octanol–water partition coefficient (Wildman–Crippen LogP) is 3.09. The van der Waals surface area contributed by atoms with E-state index < -0.39 is 0 Å². The van der Waals surface area contributed by atoms with Crippen molar-refractivity contribution in [2.75, 3.05) is 57.9 Å². The van der Waals surface area contributed by atoms with E-state index in [0.717, 1.165) is 29.4 Å². The third-order valence-corrected chi connectivity index (χ3v) is 6.69. The molecule has 7 nitrogen and oxygen atoms in total. The van der Waals surface area contributed by atoms with Gasteiger partial charge in [0, 0.05) is 50.8 Å². The second-order valence-corrected chi connectivity index (χ2v) is 8.61. The van der Waals surface area contributed by atoms with E-state index in [1.54, 1.807) is 7.11 Å². The number of methoxy groups -OCH3 is 1. The van der Waals surface area contributed by atoms with Gasteiger partial charge in [0.25, 0.3) is 11.8 Å². The van der Waals surface area contributed by atoms with Gasteiger partial charge in [0.15, 0.2) is 0 Å². The molecule has 2 aromatic rings. The number of hydrogen-bond acceptors (Lipinski definition) is 7. The summed E-state index contributed by atoms with van der Waals surface area (Å²) in [4.78, 5) is 33.2. The van der Waals surface area contributed by atoms with Crippen LogP contribution in [0.3, 0.4) is 0 Å². The van der Waals surface area contributed by atoms with Crippen molar-refractivity contribution in [3.8, 4) is 5.75 Å². The van der Waals surface area contributed by atoms with Crippen LogP contribution >= 0.6 is 11.3 Å². The Morgan fingerprint density at radius 2 is 1.72 bits per heavy atom. The lowest BCUT2D eigenvalue weighted by Gasteiger charge is -2.38. The fraction of sp³-hybridized carbons (Fsp3) is 0.417. The minimum absolute atomic E-state index is 0.194. The first-order valence-electron chi connectivity index (χ1n) is 11.0. The number of amides is 2. The first-order valence-corrected chi connectivity index (χ1v) is 11.9. The Labute approximate surface area is 192 Å². The van der Waals surface area contributed by atoms with Crippen molar-refractivity contribution in [2.45, 2.75) is 13.3 Å². The van der Waals surface area contributed by atoms with E-state index in [1.807, 2.05) is 42.6 Å². The van der Waals surface area contributed by atoms with E-state index in [2.05, 4.69) is 15.9 Å².